The van der Waals surface area contributed by atoms with Crippen LogP contribution in [0.15, 0.2) is 60.9 Å². The summed E-state index contributed by atoms with van der Waals surface area (Å²) in [7, 11) is 1.58. The molecular weight excluding hydrogens is 340 g/mol. The van der Waals surface area contributed by atoms with Crippen molar-refractivity contribution in [3.63, 3.8) is 0 Å². The van der Waals surface area contributed by atoms with Gasteiger partial charge in [-0.15, -0.1) is 0 Å². The van der Waals surface area contributed by atoms with E-state index in [0.717, 1.165) is 16.4 Å². The van der Waals surface area contributed by atoms with Crippen molar-refractivity contribution in [3.8, 4) is 29.0 Å². The number of nitriles is 1. The fraction of sp³-hybridized carbons (Fsp3) is 0.0476. The molecule has 5 rings (SSSR count). The Morgan fingerprint density at radius 2 is 1.85 bits per heavy atom. The summed E-state index contributed by atoms with van der Waals surface area (Å²) in [5.74, 6) is 1.31. The number of aromatic hydroxyl groups is 1. The van der Waals surface area contributed by atoms with E-state index < -0.39 is 0 Å². The number of fused-ring (bicyclic) bond motifs is 5. The molecule has 0 saturated carbocycles. The van der Waals surface area contributed by atoms with Crippen LogP contribution >= 0.6 is 0 Å². The molecule has 0 saturated heterocycles. The van der Waals surface area contributed by atoms with E-state index in [2.05, 4.69) is 6.07 Å². The molecule has 0 atom stereocenters. The highest BCUT2D eigenvalue weighted by atomic mass is 16.5. The SMILES string of the molecule is COc1ccc(O)c(-c2nc3c(c(C#N)c4ccccn43)c3cccn23)c1. The molecule has 1 aromatic carbocycles. The first-order valence-corrected chi connectivity index (χ1v) is 8.40. The zero-order valence-corrected chi connectivity index (χ0v) is 14.4. The lowest BCUT2D eigenvalue weighted by atomic mass is 10.1. The van der Waals surface area contributed by atoms with Gasteiger partial charge in [-0.05, 0) is 42.5 Å². The molecule has 130 valence electrons. The van der Waals surface area contributed by atoms with E-state index in [1.165, 1.54) is 0 Å². The summed E-state index contributed by atoms with van der Waals surface area (Å²) < 4.78 is 9.10. The van der Waals surface area contributed by atoms with Gasteiger partial charge < -0.3 is 14.2 Å². The quantitative estimate of drug-likeness (QED) is 0.520. The maximum Gasteiger partial charge on any atom is 0.150 e. The number of rotatable bonds is 2. The van der Waals surface area contributed by atoms with Gasteiger partial charge in [0.2, 0.25) is 0 Å². The summed E-state index contributed by atoms with van der Waals surface area (Å²) >= 11 is 0. The number of nitrogens with zero attached hydrogens (tertiary/aromatic N) is 4. The highest BCUT2D eigenvalue weighted by molar-refractivity contribution is 6.04. The number of aromatic nitrogens is 3. The second kappa shape index (κ2) is 5.51. The van der Waals surface area contributed by atoms with Crippen LogP contribution < -0.4 is 4.74 Å². The molecule has 1 N–H and O–H groups in total. The van der Waals surface area contributed by atoms with Gasteiger partial charge in [-0.25, -0.2) is 4.98 Å². The third-order valence-electron chi connectivity index (χ3n) is 4.82. The lowest BCUT2D eigenvalue weighted by Crippen LogP contribution is -1.98. The topological polar surface area (TPSA) is 75.0 Å². The van der Waals surface area contributed by atoms with Gasteiger partial charge in [0.25, 0.3) is 0 Å². The van der Waals surface area contributed by atoms with Crippen molar-refractivity contribution in [1.82, 2.24) is 13.8 Å². The number of phenolic OH excluding ortho intramolecular Hbond substituents is 1. The first kappa shape index (κ1) is 15.3. The van der Waals surface area contributed by atoms with Gasteiger partial charge >= 0.3 is 0 Å². The molecule has 0 aliphatic carbocycles. The zero-order chi connectivity index (χ0) is 18.5. The molecule has 0 amide bonds. The first-order valence-electron chi connectivity index (χ1n) is 8.40. The lowest BCUT2D eigenvalue weighted by Gasteiger charge is -2.10. The van der Waals surface area contributed by atoms with Crippen LogP contribution in [-0.4, -0.2) is 26.0 Å². The smallest absolute Gasteiger partial charge is 0.150 e. The molecule has 0 radical (unpaired) electrons. The van der Waals surface area contributed by atoms with Crippen molar-refractivity contribution in [2.45, 2.75) is 0 Å². The Kier molecular flexibility index (Phi) is 3.12. The van der Waals surface area contributed by atoms with Gasteiger partial charge in [0.05, 0.1) is 34.7 Å². The van der Waals surface area contributed by atoms with Gasteiger partial charge in [-0.1, -0.05) is 6.07 Å². The van der Waals surface area contributed by atoms with Gasteiger partial charge in [0.1, 0.15) is 23.2 Å². The van der Waals surface area contributed by atoms with Crippen LogP contribution in [0.3, 0.4) is 0 Å². The number of phenols is 1. The van der Waals surface area contributed by atoms with Crippen molar-refractivity contribution in [1.29, 1.82) is 5.26 Å². The summed E-state index contributed by atoms with van der Waals surface area (Å²) in [4.78, 5) is 4.84. The second-order valence-corrected chi connectivity index (χ2v) is 6.22. The second-order valence-electron chi connectivity index (χ2n) is 6.22. The van der Waals surface area contributed by atoms with Crippen LogP contribution in [0.1, 0.15) is 5.56 Å². The lowest BCUT2D eigenvalue weighted by molar-refractivity contribution is 0.412. The van der Waals surface area contributed by atoms with Crippen LogP contribution in [0.2, 0.25) is 0 Å². The van der Waals surface area contributed by atoms with Crippen LogP contribution in [0, 0.1) is 11.3 Å². The standard InChI is InChI=1S/C21H14N4O2/c1-27-13-7-8-18(26)14(11-13)20-23-21-19(17-6-4-10-25(17)20)15(12-22)16-5-2-3-9-24(16)21/h2-11,26H,1H3. The van der Waals surface area contributed by atoms with Crippen molar-refractivity contribution in [2.24, 2.45) is 0 Å². The molecule has 0 aliphatic heterocycles. The summed E-state index contributed by atoms with van der Waals surface area (Å²) in [6.07, 6.45) is 3.76. The minimum Gasteiger partial charge on any atom is -0.507 e. The van der Waals surface area contributed by atoms with E-state index >= 15 is 0 Å². The predicted octanol–water partition coefficient (Wildman–Crippen LogP) is 3.99. The Morgan fingerprint density at radius 3 is 2.67 bits per heavy atom. The Balaban J connectivity index is 2.00. The molecule has 5 aromatic rings. The Morgan fingerprint density at radius 1 is 1.04 bits per heavy atom. The van der Waals surface area contributed by atoms with E-state index in [1.54, 1.807) is 25.3 Å². The van der Waals surface area contributed by atoms with Crippen LogP contribution in [0.4, 0.5) is 0 Å². The van der Waals surface area contributed by atoms with Crippen molar-refractivity contribution >= 4 is 22.1 Å². The molecule has 0 bridgehead atoms. The van der Waals surface area contributed by atoms with Crippen molar-refractivity contribution in [2.75, 3.05) is 7.11 Å². The molecule has 4 aromatic heterocycles. The fourth-order valence-electron chi connectivity index (χ4n) is 3.59. The Hall–Kier alpha value is -3.98. The van der Waals surface area contributed by atoms with Crippen LogP contribution in [0.5, 0.6) is 11.5 Å². The van der Waals surface area contributed by atoms with E-state index in [4.69, 9.17) is 9.72 Å². The third-order valence-corrected chi connectivity index (χ3v) is 4.82. The Labute approximate surface area is 154 Å². The van der Waals surface area contributed by atoms with Crippen molar-refractivity contribution < 1.29 is 9.84 Å². The number of ether oxygens (including phenoxy) is 1. The number of benzene rings is 1. The van der Waals surface area contributed by atoms with Crippen LogP contribution in [0.25, 0.3) is 33.5 Å². The minimum atomic E-state index is 0.110. The first-order chi connectivity index (χ1) is 13.2. The number of hydrogen-bond acceptors (Lipinski definition) is 4. The minimum absolute atomic E-state index is 0.110. The molecule has 0 spiro atoms. The van der Waals surface area contributed by atoms with Gasteiger partial charge in [-0.2, -0.15) is 5.26 Å². The molecule has 0 fully saturated rings. The number of methoxy groups -OCH3 is 1. The summed E-state index contributed by atoms with van der Waals surface area (Å²) in [5, 5.41) is 21.0. The molecule has 0 unspecified atom stereocenters. The maximum absolute atomic E-state index is 10.4. The Bertz CT molecular complexity index is 1390. The van der Waals surface area contributed by atoms with Crippen molar-refractivity contribution in [3.05, 3.63) is 66.5 Å². The van der Waals surface area contributed by atoms with E-state index in [-0.39, 0.29) is 5.75 Å². The predicted molar refractivity (Wildman–Crippen MR) is 102 cm³/mol. The largest absolute Gasteiger partial charge is 0.507 e. The average Bonchev–Trinajstić information content (AvgIpc) is 3.30. The number of hydrogen-bond donors (Lipinski definition) is 1. The molecule has 6 nitrogen and oxygen atoms in total. The van der Waals surface area contributed by atoms with E-state index in [0.29, 0.717) is 28.3 Å². The fourth-order valence-corrected chi connectivity index (χ4v) is 3.59. The molecule has 27 heavy (non-hydrogen) atoms. The van der Waals surface area contributed by atoms with Gasteiger partial charge in [0.15, 0.2) is 5.82 Å². The normalized spacial score (nSPS) is 11.3. The molecule has 6 heteroatoms. The number of pyridine rings is 1. The maximum atomic E-state index is 10.4. The zero-order valence-electron chi connectivity index (χ0n) is 14.4. The average molecular weight is 354 g/mol. The molecule has 4 heterocycles. The van der Waals surface area contributed by atoms with Crippen LogP contribution in [-0.2, 0) is 0 Å². The van der Waals surface area contributed by atoms with Gasteiger partial charge in [0, 0.05) is 12.4 Å². The third kappa shape index (κ3) is 2.02. The molecule has 0 aliphatic rings. The summed E-state index contributed by atoms with van der Waals surface area (Å²) in [6, 6.07) is 16.9. The van der Waals surface area contributed by atoms with Gasteiger partial charge in [-0.3, -0.25) is 4.40 Å². The van der Waals surface area contributed by atoms with E-state index in [9.17, 15) is 10.4 Å². The summed E-state index contributed by atoms with van der Waals surface area (Å²) in [6.45, 7) is 0. The highest BCUT2D eigenvalue weighted by Gasteiger charge is 2.20. The van der Waals surface area contributed by atoms with E-state index in [1.807, 2.05) is 51.5 Å². The monoisotopic (exact) mass is 354 g/mol. The molecular formula is C21H14N4O2. The summed E-state index contributed by atoms with van der Waals surface area (Å²) in [5.41, 5.74) is 3.48. The highest BCUT2D eigenvalue weighted by Crippen LogP contribution is 2.36.